The maximum atomic E-state index is 13.1. The molecule has 3 aromatic rings. The summed E-state index contributed by atoms with van der Waals surface area (Å²) >= 11 is 2.75. The molecule has 1 N–H and O–H groups in total. The van der Waals surface area contributed by atoms with Crippen molar-refractivity contribution in [2.45, 2.75) is 49.6 Å². The van der Waals surface area contributed by atoms with Crippen molar-refractivity contribution in [1.29, 1.82) is 0 Å². The molecule has 0 spiro atoms. The van der Waals surface area contributed by atoms with E-state index >= 15 is 0 Å². The Morgan fingerprint density at radius 2 is 2.11 bits per heavy atom. The van der Waals surface area contributed by atoms with Crippen molar-refractivity contribution in [1.82, 2.24) is 19.7 Å². The zero-order valence-corrected chi connectivity index (χ0v) is 17.2. The molecular formula is C19H20FN5OS2. The topological polar surface area (TPSA) is 72.7 Å². The van der Waals surface area contributed by atoms with E-state index in [-0.39, 0.29) is 17.0 Å². The van der Waals surface area contributed by atoms with Crippen molar-refractivity contribution < 1.29 is 9.18 Å². The number of thioether (sulfide) groups is 1. The van der Waals surface area contributed by atoms with Crippen molar-refractivity contribution in [3.8, 4) is 11.3 Å². The maximum absolute atomic E-state index is 13.1. The van der Waals surface area contributed by atoms with E-state index in [1.807, 2.05) is 12.3 Å². The first-order valence-corrected chi connectivity index (χ1v) is 10.9. The van der Waals surface area contributed by atoms with Crippen LogP contribution in [0.1, 0.15) is 38.4 Å². The second-order valence-corrected chi connectivity index (χ2v) is 8.82. The number of amides is 1. The summed E-state index contributed by atoms with van der Waals surface area (Å²) in [5.41, 5.74) is 1.52. The van der Waals surface area contributed by atoms with Crippen LogP contribution in [0.5, 0.6) is 0 Å². The number of carbonyl (C=O) groups excluding carboxylic acids is 1. The molecule has 1 fully saturated rings. The number of hydrogen-bond donors (Lipinski definition) is 1. The van der Waals surface area contributed by atoms with Gasteiger partial charge in [0.25, 0.3) is 0 Å². The van der Waals surface area contributed by atoms with Gasteiger partial charge in [-0.05, 0) is 51.0 Å². The van der Waals surface area contributed by atoms with Crippen molar-refractivity contribution in [2.75, 3.05) is 5.32 Å². The number of aromatic nitrogens is 4. The number of carbonyl (C=O) groups is 1. The van der Waals surface area contributed by atoms with Gasteiger partial charge in [-0.25, -0.2) is 9.37 Å². The molecule has 28 heavy (non-hydrogen) atoms. The first kappa shape index (κ1) is 19.1. The number of halogens is 1. The molecular weight excluding hydrogens is 397 g/mol. The minimum atomic E-state index is -0.334. The van der Waals surface area contributed by atoms with Crippen LogP contribution in [0.25, 0.3) is 11.3 Å². The number of benzene rings is 1. The van der Waals surface area contributed by atoms with Gasteiger partial charge in [-0.15, -0.1) is 21.5 Å². The van der Waals surface area contributed by atoms with Crippen LogP contribution in [0.2, 0.25) is 0 Å². The average molecular weight is 418 g/mol. The van der Waals surface area contributed by atoms with Crippen LogP contribution in [0.15, 0.2) is 34.8 Å². The van der Waals surface area contributed by atoms with Crippen molar-refractivity contribution >= 4 is 34.1 Å². The van der Waals surface area contributed by atoms with E-state index < -0.39 is 0 Å². The maximum Gasteiger partial charge on any atom is 0.239 e. The summed E-state index contributed by atoms with van der Waals surface area (Å²) in [6.07, 6.45) is 2.33. The van der Waals surface area contributed by atoms with Gasteiger partial charge in [0.1, 0.15) is 11.6 Å². The average Bonchev–Trinajstić information content (AvgIpc) is 3.30. The van der Waals surface area contributed by atoms with E-state index in [1.165, 1.54) is 48.1 Å². The second-order valence-electron chi connectivity index (χ2n) is 6.65. The molecule has 1 saturated carbocycles. The minimum absolute atomic E-state index is 0.136. The number of hydrogen-bond acceptors (Lipinski definition) is 6. The van der Waals surface area contributed by atoms with Gasteiger partial charge in [0.15, 0.2) is 10.3 Å². The molecule has 0 aliphatic heterocycles. The lowest BCUT2D eigenvalue weighted by molar-refractivity contribution is -0.115. The fourth-order valence-corrected chi connectivity index (χ4v) is 4.47. The third kappa shape index (κ3) is 4.10. The molecule has 1 aliphatic rings. The van der Waals surface area contributed by atoms with E-state index in [0.29, 0.717) is 16.7 Å². The molecule has 6 nitrogen and oxygen atoms in total. The molecule has 1 atom stereocenters. The highest BCUT2D eigenvalue weighted by atomic mass is 32.2. The molecule has 1 aromatic carbocycles. The minimum Gasteiger partial charge on any atom is -0.306 e. The molecule has 146 valence electrons. The molecule has 2 aromatic heterocycles. The lowest BCUT2D eigenvalue weighted by Crippen LogP contribution is -2.23. The molecule has 0 radical (unpaired) electrons. The number of nitrogens with zero attached hydrogens (tertiary/aromatic N) is 4. The summed E-state index contributed by atoms with van der Waals surface area (Å²) < 4.78 is 15.2. The van der Waals surface area contributed by atoms with Crippen LogP contribution in [-0.2, 0) is 11.3 Å². The van der Waals surface area contributed by atoms with Gasteiger partial charge in [0, 0.05) is 23.4 Å². The zero-order chi connectivity index (χ0) is 19.7. The largest absolute Gasteiger partial charge is 0.306 e. The standard InChI is InChI=1S/C19H20FN5OS2/c1-3-25-16(13-4-5-13)23-24-19(25)28-11(2)17(26)22-18-21-15(10-27-18)12-6-8-14(20)9-7-12/h6-11,13H,3-5H2,1-2H3,(H,21,22,26). The Morgan fingerprint density at radius 3 is 2.79 bits per heavy atom. The van der Waals surface area contributed by atoms with E-state index in [4.69, 9.17) is 0 Å². The fraction of sp³-hybridized carbons (Fsp3) is 0.368. The van der Waals surface area contributed by atoms with Gasteiger partial charge in [-0.2, -0.15) is 0 Å². The highest BCUT2D eigenvalue weighted by Crippen LogP contribution is 2.40. The quantitative estimate of drug-likeness (QED) is 0.571. The summed E-state index contributed by atoms with van der Waals surface area (Å²) in [7, 11) is 0. The van der Waals surface area contributed by atoms with Gasteiger partial charge in [-0.1, -0.05) is 11.8 Å². The fourth-order valence-electron chi connectivity index (χ4n) is 2.83. The smallest absolute Gasteiger partial charge is 0.239 e. The Bertz CT molecular complexity index is 981. The van der Waals surface area contributed by atoms with Crippen LogP contribution in [-0.4, -0.2) is 30.9 Å². The van der Waals surface area contributed by atoms with Crippen LogP contribution >= 0.6 is 23.1 Å². The predicted octanol–water partition coefficient (Wildman–Crippen LogP) is 4.56. The molecule has 9 heteroatoms. The molecule has 4 rings (SSSR count). The SMILES string of the molecule is CCn1c(SC(C)C(=O)Nc2nc(-c3ccc(F)cc3)cs2)nnc1C1CC1. The molecule has 0 bridgehead atoms. The second kappa shape index (κ2) is 8.00. The van der Waals surface area contributed by atoms with Crippen LogP contribution in [0.3, 0.4) is 0 Å². The third-order valence-electron chi connectivity index (χ3n) is 4.53. The van der Waals surface area contributed by atoms with E-state index in [0.717, 1.165) is 23.1 Å². The van der Waals surface area contributed by atoms with Gasteiger partial charge >= 0.3 is 0 Å². The summed E-state index contributed by atoms with van der Waals surface area (Å²) in [5, 5.41) is 14.3. The van der Waals surface area contributed by atoms with Crippen molar-refractivity contribution in [2.24, 2.45) is 0 Å². The van der Waals surface area contributed by atoms with Crippen molar-refractivity contribution in [3.05, 3.63) is 41.3 Å². The monoisotopic (exact) mass is 417 g/mol. The number of rotatable bonds is 7. The first-order valence-electron chi connectivity index (χ1n) is 9.17. The zero-order valence-electron chi connectivity index (χ0n) is 15.6. The lowest BCUT2D eigenvalue weighted by Gasteiger charge is -2.11. The van der Waals surface area contributed by atoms with Gasteiger partial charge < -0.3 is 9.88 Å². The first-order chi connectivity index (χ1) is 13.5. The molecule has 1 aliphatic carbocycles. The van der Waals surface area contributed by atoms with E-state index in [2.05, 4.69) is 32.0 Å². The number of thiazole rings is 1. The summed E-state index contributed by atoms with van der Waals surface area (Å²) in [6, 6.07) is 6.13. The highest BCUT2D eigenvalue weighted by molar-refractivity contribution is 8.00. The van der Waals surface area contributed by atoms with Gasteiger partial charge in [0.2, 0.25) is 5.91 Å². The number of anilines is 1. The van der Waals surface area contributed by atoms with Crippen molar-refractivity contribution in [3.63, 3.8) is 0 Å². The van der Waals surface area contributed by atoms with Crippen LogP contribution < -0.4 is 5.32 Å². The summed E-state index contributed by atoms with van der Waals surface area (Å²) in [6.45, 7) is 4.71. The van der Waals surface area contributed by atoms with Crippen LogP contribution in [0.4, 0.5) is 9.52 Å². The normalized spacial score (nSPS) is 14.8. The number of nitrogens with one attached hydrogen (secondary N) is 1. The van der Waals surface area contributed by atoms with E-state index in [9.17, 15) is 9.18 Å². The molecule has 0 saturated heterocycles. The molecule has 1 unspecified atom stereocenters. The Hall–Kier alpha value is -2.26. The van der Waals surface area contributed by atoms with Crippen LogP contribution in [0, 0.1) is 5.82 Å². The Kier molecular flexibility index (Phi) is 5.45. The summed E-state index contributed by atoms with van der Waals surface area (Å²) in [4.78, 5) is 17.0. The molecule has 2 heterocycles. The Morgan fingerprint density at radius 1 is 1.36 bits per heavy atom. The Labute approximate surface area is 170 Å². The summed E-state index contributed by atoms with van der Waals surface area (Å²) in [5.74, 6) is 1.12. The van der Waals surface area contributed by atoms with E-state index in [1.54, 1.807) is 12.1 Å². The highest BCUT2D eigenvalue weighted by Gasteiger charge is 2.30. The Balaban J connectivity index is 1.40. The van der Waals surface area contributed by atoms with Gasteiger partial charge in [0.05, 0.1) is 10.9 Å². The lowest BCUT2D eigenvalue weighted by atomic mass is 10.2. The predicted molar refractivity (Wildman–Crippen MR) is 109 cm³/mol. The third-order valence-corrected chi connectivity index (χ3v) is 6.37. The molecule has 1 amide bonds. The van der Waals surface area contributed by atoms with Gasteiger partial charge in [-0.3, -0.25) is 4.79 Å².